The molecule has 0 spiro atoms. The van der Waals surface area contributed by atoms with Crippen molar-refractivity contribution in [2.75, 3.05) is 6.61 Å². The predicted octanol–water partition coefficient (Wildman–Crippen LogP) is 3.15. The second-order valence-electron chi connectivity index (χ2n) is 4.51. The fraction of sp³-hybridized carbons (Fsp3) is 0.133. The maximum absolute atomic E-state index is 11.8. The van der Waals surface area contributed by atoms with Gasteiger partial charge in [0.1, 0.15) is 5.75 Å². The molecule has 0 saturated heterocycles. The van der Waals surface area contributed by atoms with E-state index in [1.54, 1.807) is 24.3 Å². The number of thiophene rings is 1. The lowest BCUT2D eigenvalue weighted by atomic mass is 10.3. The van der Waals surface area contributed by atoms with Crippen molar-refractivity contribution in [2.45, 2.75) is 6.54 Å². The summed E-state index contributed by atoms with van der Waals surface area (Å²) in [5.74, 6) is 1.09. The molecule has 0 atom stereocenters. The number of hydrogen-bond acceptors (Lipinski definition) is 6. The third-order valence-corrected chi connectivity index (χ3v) is 3.91. The number of ether oxygens (including phenoxy) is 1. The molecule has 0 fully saturated rings. The van der Waals surface area contributed by atoms with Gasteiger partial charge in [-0.1, -0.05) is 28.9 Å². The third kappa shape index (κ3) is 4.30. The fourth-order valence-electron chi connectivity index (χ4n) is 1.76. The number of carbonyl (C=O) groups excluding carboxylic acids is 1. The summed E-state index contributed by atoms with van der Waals surface area (Å²) in [5.41, 5.74) is 0. The zero-order valence-electron chi connectivity index (χ0n) is 11.9. The average molecular weight is 350 g/mol. The summed E-state index contributed by atoms with van der Waals surface area (Å²) in [5, 5.41) is 9.00. The lowest BCUT2D eigenvalue weighted by Crippen LogP contribution is -2.28. The Hall–Kier alpha value is -2.38. The van der Waals surface area contributed by atoms with E-state index < -0.39 is 0 Å². The summed E-state index contributed by atoms with van der Waals surface area (Å²) in [6.45, 7) is 0.0301. The highest BCUT2D eigenvalue weighted by atomic mass is 35.5. The summed E-state index contributed by atoms with van der Waals surface area (Å²) in [4.78, 5) is 16.9. The molecule has 0 aliphatic heterocycles. The van der Waals surface area contributed by atoms with Gasteiger partial charge >= 0.3 is 0 Å². The molecule has 8 heteroatoms. The topological polar surface area (TPSA) is 77.2 Å². The molecule has 23 heavy (non-hydrogen) atoms. The van der Waals surface area contributed by atoms with E-state index in [4.69, 9.17) is 20.9 Å². The molecule has 118 valence electrons. The van der Waals surface area contributed by atoms with Gasteiger partial charge in [-0.15, -0.1) is 11.3 Å². The molecular weight excluding hydrogens is 338 g/mol. The summed E-state index contributed by atoms with van der Waals surface area (Å²) in [7, 11) is 0. The lowest BCUT2D eigenvalue weighted by Gasteiger charge is -2.06. The Balaban J connectivity index is 1.47. The normalized spacial score (nSPS) is 10.5. The molecule has 1 amide bonds. The van der Waals surface area contributed by atoms with Crippen LogP contribution in [0.25, 0.3) is 10.7 Å². The maximum atomic E-state index is 11.8. The highest BCUT2D eigenvalue weighted by molar-refractivity contribution is 7.13. The van der Waals surface area contributed by atoms with E-state index in [1.807, 2.05) is 17.5 Å². The van der Waals surface area contributed by atoms with Gasteiger partial charge < -0.3 is 14.6 Å². The van der Waals surface area contributed by atoms with Gasteiger partial charge in [-0.2, -0.15) is 4.98 Å². The molecule has 3 rings (SSSR count). The molecule has 2 heterocycles. The summed E-state index contributed by atoms with van der Waals surface area (Å²) >= 11 is 7.36. The van der Waals surface area contributed by atoms with Crippen molar-refractivity contribution in [1.82, 2.24) is 15.5 Å². The minimum atomic E-state index is -0.291. The van der Waals surface area contributed by atoms with Crippen molar-refractivity contribution < 1.29 is 14.1 Å². The van der Waals surface area contributed by atoms with Gasteiger partial charge in [-0.3, -0.25) is 4.79 Å². The zero-order valence-corrected chi connectivity index (χ0v) is 13.4. The summed E-state index contributed by atoms with van der Waals surface area (Å²) in [6, 6.07) is 10.7. The van der Waals surface area contributed by atoms with Gasteiger partial charge in [0, 0.05) is 5.02 Å². The van der Waals surface area contributed by atoms with Crippen LogP contribution in [0.5, 0.6) is 5.75 Å². The van der Waals surface area contributed by atoms with Crippen LogP contribution in [0.2, 0.25) is 5.02 Å². The number of aromatic nitrogens is 2. The van der Waals surface area contributed by atoms with Crippen molar-refractivity contribution >= 4 is 28.8 Å². The predicted molar refractivity (Wildman–Crippen MR) is 86.4 cm³/mol. The standard InChI is InChI=1S/C15H12ClN3O3S/c16-10-3-1-4-11(7-10)21-9-13(20)17-8-14-18-15(19-22-14)12-5-2-6-23-12/h1-7H,8-9H2,(H,17,20). The van der Waals surface area contributed by atoms with Gasteiger partial charge in [0.15, 0.2) is 6.61 Å². The quantitative estimate of drug-likeness (QED) is 0.739. The van der Waals surface area contributed by atoms with E-state index in [-0.39, 0.29) is 19.1 Å². The third-order valence-electron chi connectivity index (χ3n) is 2.81. The first-order chi connectivity index (χ1) is 11.2. The molecule has 0 radical (unpaired) electrons. The molecule has 0 unspecified atom stereocenters. The van der Waals surface area contributed by atoms with E-state index in [9.17, 15) is 4.79 Å². The Morgan fingerprint density at radius 1 is 1.35 bits per heavy atom. The van der Waals surface area contributed by atoms with Gasteiger partial charge in [-0.25, -0.2) is 0 Å². The van der Waals surface area contributed by atoms with Crippen molar-refractivity contribution in [2.24, 2.45) is 0 Å². The van der Waals surface area contributed by atoms with E-state index in [1.165, 1.54) is 11.3 Å². The maximum Gasteiger partial charge on any atom is 0.258 e. The smallest absolute Gasteiger partial charge is 0.258 e. The molecule has 2 aromatic heterocycles. The van der Waals surface area contributed by atoms with Gasteiger partial charge in [0.25, 0.3) is 5.91 Å². The van der Waals surface area contributed by atoms with Crippen LogP contribution in [0, 0.1) is 0 Å². The number of benzene rings is 1. The second-order valence-corrected chi connectivity index (χ2v) is 5.90. The van der Waals surface area contributed by atoms with E-state index in [0.29, 0.717) is 22.5 Å². The lowest BCUT2D eigenvalue weighted by molar-refractivity contribution is -0.123. The highest BCUT2D eigenvalue weighted by Gasteiger charge is 2.10. The number of rotatable bonds is 6. The molecule has 0 bridgehead atoms. The average Bonchev–Trinajstić information content (AvgIpc) is 3.22. The Morgan fingerprint density at radius 3 is 3.04 bits per heavy atom. The van der Waals surface area contributed by atoms with Gasteiger partial charge in [0.05, 0.1) is 11.4 Å². The zero-order chi connectivity index (χ0) is 16.1. The minimum Gasteiger partial charge on any atom is -0.484 e. The number of carbonyl (C=O) groups is 1. The first-order valence-electron chi connectivity index (χ1n) is 6.72. The van der Waals surface area contributed by atoms with Crippen LogP contribution in [0.1, 0.15) is 5.89 Å². The summed E-state index contributed by atoms with van der Waals surface area (Å²) in [6.07, 6.45) is 0. The van der Waals surface area contributed by atoms with Crippen LogP contribution in [0.4, 0.5) is 0 Å². The molecular formula is C15H12ClN3O3S. The number of nitrogens with zero attached hydrogens (tertiary/aromatic N) is 2. The Morgan fingerprint density at radius 2 is 2.26 bits per heavy atom. The molecule has 0 aliphatic rings. The highest BCUT2D eigenvalue weighted by Crippen LogP contribution is 2.21. The molecule has 0 saturated carbocycles. The van der Waals surface area contributed by atoms with Crippen molar-refractivity contribution in [3.63, 3.8) is 0 Å². The first-order valence-corrected chi connectivity index (χ1v) is 7.98. The molecule has 3 aromatic rings. The molecule has 6 nitrogen and oxygen atoms in total. The number of amides is 1. The number of nitrogens with one attached hydrogen (secondary N) is 1. The van der Waals surface area contributed by atoms with Crippen molar-refractivity contribution in [3.05, 3.63) is 52.7 Å². The van der Waals surface area contributed by atoms with Crippen LogP contribution in [-0.4, -0.2) is 22.7 Å². The summed E-state index contributed by atoms with van der Waals surface area (Å²) < 4.78 is 10.4. The first kappa shape index (κ1) is 15.5. The van der Waals surface area contributed by atoms with E-state index in [2.05, 4.69) is 15.5 Å². The Labute approximate surface area is 141 Å². The Kier molecular flexibility index (Phi) is 4.89. The largest absolute Gasteiger partial charge is 0.484 e. The monoisotopic (exact) mass is 349 g/mol. The number of hydrogen-bond donors (Lipinski definition) is 1. The minimum absolute atomic E-state index is 0.119. The van der Waals surface area contributed by atoms with E-state index >= 15 is 0 Å². The van der Waals surface area contributed by atoms with Crippen LogP contribution in [-0.2, 0) is 11.3 Å². The molecule has 0 aliphatic carbocycles. The van der Waals surface area contributed by atoms with Crippen LogP contribution in [0.3, 0.4) is 0 Å². The van der Waals surface area contributed by atoms with Crippen LogP contribution < -0.4 is 10.1 Å². The van der Waals surface area contributed by atoms with E-state index in [0.717, 1.165) is 4.88 Å². The fourth-order valence-corrected chi connectivity index (χ4v) is 2.59. The van der Waals surface area contributed by atoms with Gasteiger partial charge in [-0.05, 0) is 29.6 Å². The van der Waals surface area contributed by atoms with Gasteiger partial charge in [0.2, 0.25) is 11.7 Å². The van der Waals surface area contributed by atoms with Crippen LogP contribution >= 0.6 is 22.9 Å². The van der Waals surface area contributed by atoms with Crippen LogP contribution in [0.15, 0.2) is 46.3 Å². The number of halogens is 1. The SMILES string of the molecule is O=C(COc1cccc(Cl)c1)NCc1nc(-c2cccs2)no1. The second kappa shape index (κ2) is 7.26. The molecule has 1 N–H and O–H groups in total. The van der Waals surface area contributed by atoms with Crippen molar-refractivity contribution in [1.29, 1.82) is 0 Å². The molecule has 1 aromatic carbocycles. The van der Waals surface area contributed by atoms with Crippen molar-refractivity contribution in [3.8, 4) is 16.5 Å². The Bertz CT molecular complexity index is 789.